The third kappa shape index (κ3) is 2.01. The smallest absolute Gasteiger partial charge is 0.259 e. The first-order valence-electron chi connectivity index (χ1n) is 5.00. The van der Waals surface area contributed by atoms with E-state index in [0.717, 1.165) is 0 Å². The van der Waals surface area contributed by atoms with Gasteiger partial charge in [-0.25, -0.2) is 0 Å². The highest BCUT2D eigenvalue weighted by Crippen LogP contribution is 2.19. The van der Waals surface area contributed by atoms with Crippen LogP contribution in [0.5, 0.6) is 0 Å². The van der Waals surface area contributed by atoms with Gasteiger partial charge in [0.1, 0.15) is 5.56 Å². The fourth-order valence-corrected chi connectivity index (χ4v) is 1.27. The number of aromatic amines is 1. The lowest BCUT2D eigenvalue weighted by molar-refractivity contribution is 0.0473. The zero-order chi connectivity index (χ0) is 12.5. The lowest BCUT2D eigenvalue weighted by Crippen LogP contribution is -2.47. The molecule has 6 heteroatoms. The van der Waals surface area contributed by atoms with Crippen LogP contribution in [-0.2, 0) is 0 Å². The van der Waals surface area contributed by atoms with Gasteiger partial charge in [-0.15, -0.1) is 0 Å². The molecular weight excluding hydrogens is 208 g/mol. The normalized spacial score (nSPS) is 11.6. The van der Waals surface area contributed by atoms with E-state index in [4.69, 9.17) is 5.73 Å². The summed E-state index contributed by atoms with van der Waals surface area (Å²) in [6.07, 6.45) is 0. The van der Waals surface area contributed by atoms with Crippen LogP contribution in [0.3, 0.4) is 0 Å². The van der Waals surface area contributed by atoms with Crippen molar-refractivity contribution in [1.29, 1.82) is 0 Å². The third-order valence-electron chi connectivity index (χ3n) is 2.79. The fraction of sp³-hybridized carbons (Fsp3) is 0.600. The molecule has 0 aromatic carbocycles. The summed E-state index contributed by atoms with van der Waals surface area (Å²) in [7, 11) is 1.63. The van der Waals surface area contributed by atoms with Crippen molar-refractivity contribution in [2.75, 3.05) is 19.4 Å². The van der Waals surface area contributed by atoms with Crippen LogP contribution in [0.4, 0.5) is 5.82 Å². The summed E-state index contributed by atoms with van der Waals surface area (Å²) in [6, 6.07) is 0. The number of nitrogens with two attached hydrogens (primary N) is 1. The van der Waals surface area contributed by atoms with E-state index in [1.807, 2.05) is 0 Å². The highest BCUT2D eigenvalue weighted by atomic mass is 16.3. The predicted molar refractivity (Wildman–Crippen MR) is 61.0 cm³/mol. The van der Waals surface area contributed by atoms with Gasteiger partial charge in [-0.1, -0.05) is 0 Å². The van der Waals surface area contributed by atoms with Crippen molar-refractivity contribution in [3.8, 4) is 0 Å². The van der Waals surface area contributed by atoms with Gasteiger partial charge in [0.05, 0.1) is 12.1 Å². The monoisotopic (exact) mass is 226 g/mol. The molecular formula is C10H18N4O2. The maximum atomic E-state index is 12.1. The van der Waals surface area contributed by atoms with Gasteiger partial charge in [0.25, 0.3) is 5.91 Å². The van der Waals surface area contributed by atoms with Crippen LogP contribution in [0.15, 0.2) is 0 Å². The summed E-state index contributed by atoms with van der Waals surface area (Å²) in [5.74, 6) is -0.0640. The van der Waals surface area contributed by atoms with Gasteiger partial charge in [-0.2, -0.15) is 5.10 Å². The van der Waals surface area contributed by atoms with E-state index in [1.165, 1.54) is 4.90 Å². The van der Waals surface area contributed by atoms with Crippen LogP contribution >= 0.6 is 0 Å². The zero-order valence-electron chi connectivity index (χ0n) is 10.0. The van der Waals surface area contributed by atoms with Gasteiger partial charge in [0.15, 0.2) is 5.82 Å². The van der Waals surface area contributed by atoms with Gasteiger partial charge in [-0.3, -0.25) is 9.89 Å². The van der Waals surface area contributed by atoms with Gasteiger partial charge in [0, 0.05) is 12.7 Å². The molecule has 16 heavy (non-hydrogen) atoms. The highest BCUT2D eigenvalue weighted by molar-refractivity contribution is 5.99. The van der Waals surface area contributed by atoms with Crippen LogP contribution in [0.1, 0.15) is 29.9 Å². The molecule has 0 aliphatic carbocycles. The van der Waals surface area contributed by atoms with E-state index < -0.39 is 5.54 Å². The Morgan fingerprint density at radius 3 is 2.56 bits per heavy atom. The van der Waals surface area contributed by atoms with Gasteiger partial charge in [-0.05, 0) is 20.8 Å². The molecule has 1 aromatic heterocycles. The number of nitrogens with one attached hydrogen (secondary N) is 1. The number of H-pyrrole nitrogens is 1. The second-order valence-electron chi connectivity index (χ2n) is 4.44. The molecule has 90 valence electrons. The maximum Gasteiger partial charge on any atom is 0.259 e. The number of aliphatic hydroxyl groups excluding tert-OH is 1. The molecule has 0 radical (unpaired) electrons. The Hall–Kier alpha value is -1.56. The topological polar surface area (TPSA) is 95.2 Å². The largest absolute Gasteiger partial charge is 0.394 e. The van der Waals surface area contributed by atoms with E-state index in [9.17, 15) is 9.90 Å². The Morgan fingerprint density at radius 2 is 2.19 bits per heavy atom. The molecule has 0 atom stereocenters. The minimum atomic E-state index is -0.632. The molecule has 0 bridgehead atoms. The molecule has 1 aromatic rings. The number of aliphatic hydroxyl groups is 1. The molecule has 0 unspecified atom stereocenters. The molecule has 1 amide bonds. The van der Waals surface area contributed by atoms with Crippen LogP contribution in [0.2, 0.25) is 0 Å². The van der Waals surface area contributed by atoms with Crippen molar-refractivity contribution in [3.63, 3.8) is 0 Å². The van der Waals surface area contributed by atoms with Crippen molar-refractivity contribution >= 4 is 11.7 Å². The molecule has 0 saturated heterocycles. The second kappa shape index (κ2) is 4.13. The van der Waals surface area contributed by atoms with Gasteiger partial charge in [0.2, 0.25) is 0 Å². The molecule has 0 saturated carbocycles. The van der Waals surface area contributed by atoms with E-state index in [1.54, 1.807) is 27.8 Å². The van der Waals surface area contributed by atoms with Crippen LogP contribution in [-0.4, -0.2) is 45.3 Å². The molecule has 4 N–H and O–H groups in total. The first-order valence-corrected chi connectivity index (χ1v) is 5.00. The predicted octanol–water partition coefficient (Wildman–Crippen LogP) is 0.143. The number of rotatable bonds is 3. The van der Waals surface area contributed by atoms with Gasteiger partial charge < -0.3 is 15.7 Å². The number of amides is 1. The number of aryl methyl sites for hydroxylation is 1. The molecule has 1 heterocycles. The first-order chi connectivity index (χ1) is 7.31. The minimum Gasteiger partial charge on any atom is -0.394 e. The van der Waals surface area contributed by atoms with Crippen molar-refractivity contribution < 1.29 is 9.90 Å². The first kappa shape index (κ1) is 12.5. The molecule has 0 spiro atoms. The molecule has 6 nitrogen and oxygen atoms in total. The van der Waals surface area contributed by atoms with Crippen LogP contribution < -0.4 is 5.73 Å². The number of aromatic nitrogens is 2. The van der Waals surface area contributed by atoms with E-state index in [2.05, 4.69) is 10.2 Å². The average Bonchev–Trinajstić information content (AvgIpc) is 2.56. The molecule has 1 rings (SSSR count). The molecule has 0 aliphatic heterocycles. The standard InChI is InChI=1S/C10H18N4O2/c1-6-7(8(11)13-12-6)9(16)14(4)10(2,3)5-15/h15H,5H2,1-4H3,(H3,11,12,13). The summed E-state index contributed by atoms with van der Waals surface area (Å²) in [4.78, 5) is 13.6. The Balaban J connectivity index is 3.04. The van der Waals surface area contributed by atoms with Crippen LogP contribution in [0.25, 0.3) is 0 Å². The molecule has 0 aliphatic rings. The summed E-state index contributed by atoms with van der Waals surface area (Å²) >= 11 is 0. The Morgan fingerprint density at radius 1 is 1.62 bits per heavy atom. The van der Waals surface area contributed by atoms with Crippen LogP contribution in [0, 0.1) is 6.92 Å². The lowest BCUT2D eigenvalue weighted by atomic mass is 10.0. The third-order valence-corrected chi connectivity index (χ3v) is 2.79. The van der Waals surface area contributed by atoms with Crippen molar-refractivity contribution in [1.82, 2.24) is 15.1 Å². The van der Waals surface area contributed by atoms with E-state index >= 15 is 0 Å². The Labute approximate surface area is 94.4 Å². The maximum absolute atomic E-state index is 12.1. The summed E-state index contributed by atoms with van der Waals surface area (Å²) in [5.41, 5.74) is 5.97. The van der Waals surface area contributed by atoms with E-state index in [-0.39, 0.29) is 18.3 Å². The van der Waals surface area contributed by atoms with E-state index in [0.29, 0.717) is 11.3 Å². The number of carbonyl (C=O) groups is 1. The van der Waals surface area contributed by atoms with Gasteiger partial charge >= 0.3 is 0 Å². The minimum absolute atomic E-state index is 0.119. The quantitative estimate of drug-likeness (QED) is 0.683. The Bertz CT molecular complexity index is 378. The number of nitrogen functional groups attached to an aromatic ring is 1. The zero-order valence-corrected chi connectivity index (χ0v) is 10.0. The summed E-state index contributed by atoms with van der Waals surface area (Å²) in [5, 5.41) is 15.6. The second-order valence-corrected chi connectivity index (χ2v) is 4.44. The van der Waals surface area contributed by atoms with Crippen molar-refractivity contribution in [3.05, 3.63) is 11.3 Å². The number of likely N-dealkylation sites (N-methyl/N-ethyl adjacent to an activating group) is 1. The SMILES string of the molecule is Cc1[nH]nc(N)c1C(=O)N(C)C(C)(C)CO. The number of hydrogen-bond donors (Lipinski definition) is 3. The lowest BCUT2D eigenvalue weighted by Gasteiger charge is -2.33. The fourth-order valence-electron chi connectivity index (χ4n) is 1.27. The van der Waals surface area contributed by atoms with Crippen molar-refractivity contribution in [2.45, 2.75) is 26.3 Å². The summed E-state index contributed by atoms with van der Waals surface area (Å²) < 4.78 is 0. The number of hydrogen-bond acceptors (Lipinski definition) is 4. The highest BCUT2D eigenvalue weighted by Gasteiger charge is 2.30. The van der Waals surface area contributed by atoms with Crippen molar-refractivity contribution in [2.24, 2.45) is 0 Å². The number of anilines is 1. The summed E-state index contributed by atoms with van der Waals surface area (Å²) in [6.45, 7) is 5.16. The average molecular weight is 226 g/mol. The molecule has 0 fully saturated rings. The number of nitrogens with zero attached hydrogens (tertiary/aromatic N) is 2. The Kier molecular flexibility index (Phi) is 3.23. The number of carbonyl (C=O) groups excluding carboxylic acids is 1.